The average molecular weight is 337 g/mol. The second-order valence-electron chi connectivity index (χ2n) is 6.05. The van der Waals surface area contributed by atoms with Crippen LogP contribution in [0.25, 0.3) is 0 Å². The predicted molar refractivity (Wildman–Crippen MR) is 96.2 cm³/mol. The van der Waals surface area contributed by atoms with E-state index in [9.17, 15) is 4.79 Å². The van der Waals surface area contributed by atoms with Crippen molar-refractivity contribution in [2.75, 3.05) is 32.5 Å². The number of likely N-dealkylation sites (tertiary alicyclic amines) is 1. The molecule has 1 amide bonds. The van der Waals surface area contributed by atoms with Crippen LogP contribution < -0.4 is 10.1 Å². The van der Waals surface area contributed by atoms with Crippen LogP contribution in [0.1, 0.15) is 32.6 Å². The molecule has 23 heavy (non-hydrogen) atoms. The summed E-state index contributed by atoms with van der Waals surface area (Å²) >= 11 is 1.56. The predicted octanol–water partition coefficient (Wildman–Crippen LogP) is 3.17. The minimum Gasteiger partial charge on any atom is -0.497 e. The topological polar surface area (TPSA) is 41.6 Å². The zero-order valence-electron chi connectivity index (χ0n) is 14.2. The van der Waals surface area contributed by atoms with E-state index in [0.717, 1.165) is 30.2 Å². The summed E-state index contributed by atoms with van der Waals surface area (Å²) in [6.07, 6.45) is 5.01. The van der Waals surface area contributed by atoms with Crippen LogP contribution in [0.2, 0.25) is 0 Å². The van der Waals surface area contributed by atoms with E-state index >= 15 is 0 Å². The summed E-state index contributed by atoms with van der Waals surface area (Å²) < 4.78 is 5.13. The van der Waals surface area contributed by atoms with Gasteiger partial charge in [-0.1, -0.05) is 6.42 Å². The Hall–Kier alpha value is -1.20. The lowest BCUT2D eigenvalue weighted by Crippen LogP contribution is -2.39. The summed E-state index contributed by atoms with van der Waals surface area (Å²) in [4.78, 5) is 15.5. The van der Waals surface area contributed by atoms with Gasteiger partial charge in [0.2, 0.25) is 5.91 Å². The SMILES string of the molecule is COc1ccc(SCC(=O)NCCCN2CCCC[C@@H]2C)cc1. The van der Waals surface area contributed by atoms with Crippen molar-refractivity contribution in [3.63, 3.8) is 0 Å². The molecule has 0 unspecified atom stereocenters. The highest BCUT2D eigenvalue weighted by Gasteiger charge is 2.17. The first-order valence-corrected chi connectivity index (χ1v) is 9.45. The normalized spacial score (nSPS) is 18.6. The highest BCUT2D eigenvalue weighted by molar-refractivity contribution is 8.00. The van der Waals surface area contributed by atoms with Crippen molar-refractivity contribution in [3.8, 4) is 5.75 Å². The van der Waals surface area contributed by atoms with Gasteiger partial charge in [-0.15, -0.1) is 11.8 Å². The van der Waals surface area contributed by atoms with Gasteiger partial charge in [-0.3, -0.25) is 4.79 Å². The molecular formula is C18H28N2O2S. The summed E-state index contributed by atoms with van der Waals surface area (Å²) in [5, 5.41) is 3.02. The van der Waals surface area contributed by atoms with E-state index in [-0.39, 0.29) is 5.91 Å². The number of methoxy groups -OCH3 is 1. The van der Waals surface area contributed by atoms with Crippen molar-refractivity contribution in [2.24, 2.45) is 0 Å². The molecule has 0 saturated carbocycles. The van der Waals surface area contributed by atoms with Crippen molar-refractivity contribution < 1.29 is 9.53 Å². The molecule has 0 radical (unpaired) electrons. The maximum atomic E-state index is 11.9. The molecule has 4 nitrogen and oxygen atoms in total. The minimum atomic E-state index is 0.109. The van der Waals surface area contributed by atoms with Crippen LogP contribution in [-0.2, 0) is 4.79 Å². The van der Waals surface area contributed by atoms with Crippen LogP contribution in [0.15, 0.2) is 29.2 Å². The number of nitrogens with one attached hydrogen (secondary N) is 1. The van der Waals surface area contributed by atoms with Gasteiger partial charge >= 0.3 is 0 Å². The van der Waals surface area contributed by atoms with E-state index < -0.39 is 0 Å². The van der Waals surface area contributed by atoms with E-state index in [1.165, 1.54) is 25.8 Å². The summed E-state index contributed by atoms with van der Waals surface area (Å²) in [6.45, 7) is 5.38. The largest absolute Gasteiger partial charge is 0.497 e. The number of rotatable bonds is 8. The van der Waals surface area contributed by atoms with E-state index in [2.05, 4.69) is 17.1 Å². The van der Waals surface area contributed by atoms with Crippen LogP contribution in [0, 0.1) is 0 Å². The molecule has 128 valence electrons. The van der Waals surface area contributed by atoms with Crippen molar-refractivity contribution in [1.29, 1.82) is 0 Å². The number of carbonyl (C=O) groups is 1. The Bertz CT molecular complexity index is 478. The molecule has 1 saturated heterocycles. The Morgan fingerprint density at radius 3 is 2.83 bits per heavy atom. The monoisotopic (exact) mass is 336 g/mol. The summed E-state index contributed by atoms with van der Waals surface area (Å²) in [5.41, 5.74) is 0. The Kier molecular flexibility index (Phi) is 7.76. The van der Waals surface area contributed by atoms with E-state index in [1.807, 2.05) is 24.3 Å². The lowest BCUT2D eigenvalue weighted by Gasteiger charge is -2.33. The first-order valence-electron chi connectivity index (χ1n) is 8.46. The Morgan fingerprint density at radius 2 is 2.13 bits per heavy atom. The number of nitrogens with zero attached hydrogens (tertiary/aromatic N) is 1. The molecule has 1 N–H and O–H groups in total. The zero-order chi connectivity index (χ0) is 16.5. The molecule has 0 bridgehead atoms. The zero-order valence-corrected chi connectivity index (χ0v) is 15.0. The molecule has 0 aliphatic carbocycles. The molecule has 1 aliphatic rings. The minimum absolute atomic E-state index is 0.109. The number of ether oxygens (including phenoxy) is 1. The highest BCUT2D eigenvalue weighted by Crippen LogP contribution is 2.21. The lowest BCUT2D eigenvalue weighted by atomic mass is 10.0. The molecule has 1 fully saturated rings. The van der Waals surface area contributed by atoms with Gasteiger partial charge in [-0.25, -0.2) is 0 Å². The lowest BCUT2D eigenvalue weighted by molar-refractivity contribution is -0.118. The van der Waals surface area contributed by atoms with Gasteiger partial charge in [0.05, 0.1) is 12.9 Å². The van der Waals surface area contributed by atoms with Gasteiger partial charge in [-0.2, -0.15) is 0 Å². The molecule has 1 aromatic carbocycles. The maximum absolute atomic E-state index is 11.9. The van der Waals surface area contributed by atoms with E-state index in [1.54, 1.807) is 18.9 Å². The summed E-state index contributed by atoms with van der Waals surface area (Å²) in [5.74, 6) is 1.41. The number of hydrogen-bond donors (Lipinski definition) is 1. The Labute approximate surface area is 144 Å². The molecule has 1 heterocycles. The second-order valence-corrected chi connectivity index (χ2v) is 7.10. The first kappa shape index (κ1) is 18.1. The molecule has 2 rings (SSSR count). The Morgan fingerprint density at radius 1 is 1.35 bits per heavy atom. The second kappa shape index (κ2) is 9.83. The molecule has 0 aromatic heterocycles. The smallest absolute Gasteiger partial charge is 0.230 e. The van der Waals surface area contributed by atoms with E-state index in [0.29, 0.717) is 11.8 Å². The first-order chi connectivity index (χ1) is 11.2. The third-order valence-corrected chi connectivity index (χ3v) is 5.33. The van der Waals surface area contributed by atoms with Gasteiger partial charge in [0, 0.05) is 24.0 Å². The van der Waals surface area contributed by atoms with Gasteiger partial charge < -0.3 is 15.0 Å². The number of hydrogen-bond acceptors (Lipinski definition) is 4. The average Bonchev–Trinajstić information content (AvgIpc) is 2.59. The fourth-order valence-corrected chi connectivity index (χ4v) is 3.60. The number of thioether (sulfide) groups is 1. The molecule has 1 aliphatic heterocycles. The highest BCUT2D eigenvalue weighted by atomic mass is 32.2. The van der Waals surface area contributed by atoms with Crippen LogP contribution in [0.5, 0.6) is 5.75 Å². The Balaban J connectivity index is 1.57. The molecule has 1 aromatic rings. The van der Waals surface area contributed by atoms with Gasteiger partial charge in [0.15, 0.2) is 0 Å². The third-order valence-electron chi connectivity index (χ3n) is 4.31. The third kappa shape index (κ3) is 6.43. The van der Waals surface area contributed by atoms with E-state index in [4.69, 9.17) is 4.74 Å². The number of benzene rings is 1. The fourth-order valence-electron chi connectivity index (χ4n) is 2.87. The van der Waals surface area contributed by atoms with Crippen LogP contribution >= 0.6 is 11.8 Å². The summed E-state index contributed by atoms with van der Waals surface area (Å²) in [7, 11) is 1.65. The van der Waals surface area contributed by atoms with Crippen molar-refractivity contribution in [3.05, 3.63) is 24.3 Å². The number of amides is 1. The fraction of sp³-hybridized carbons (Fsp3) is 0.611. The van der Waals surface area contributed by atoms with Gasteiger partial charge in [0.25, 0.3) is 0 Å². The standard InChI is InChI=1S/C18H28N2O2S/c1-15-6-3-4-12-20(15)13-5-11-19-18(21)14-23-17-9-7-16(22-2)8-10-17/h7-10,15H,3-6,11-14H2,1-2H3,(H,19,21)/t15-/m0/s1. The van der Waals surface area contributed by atoms with Gasteiger partial charge in [-0.05, 0) is 57.0 Å². The van der Waals surface area contributed by atoms with Crippen LogP contribution in [0.4, 0.5) is 0 Å². The molecule has 1 atom stereocenters. The number of piperidine rings is 1. The van der Waals surface area contributed by atoms with Crippen LogP contribution in [-0.4, -0.2) is 49.3 Å². The van der Waals surface area contributed by atoms with Gasteiger partial charge in [0.1, 0.15) is 5.75 Å². The quantitative estimate of drug-likeness (QED) is 0.585. The maximum Gasteiger partial charge on any atom is 0.230 e. The van der Waals surface area contributed by atoms with Crippen LogP contribution in [0.3, 0.4) is 0 Å². The molecular weight excluding hydrogens is 308 g/mol. The summed E-state index contributed by atoms with van der Waals surface area (Å²) in [6, 6.07) is 8.49. The van der Waals surface area contributed by atoms with Crippen molar-refractivity contribution in [1.82, 2.24) is 10.2 Å². The van der Waals surface area contributed by atoms with Crippen molar-refractivity contribution in [2.45, 2.75) is 43.5 Å². The molecule has 5 heteroatoms. The molecule has 0 spiro atoms. The number of carbonyl (C=O) groups excluding carboxylic acids is 1. The van der Waals surface area contributed by atoms with Crippen molar-refractivity contribution >= 4 is 17.7 Å².